The van der Waals surface area contributed by atoms with Crippen LogP contribution in [-0.2, 0) is 40.0 Å². The van der Waals surface area contributed by atoms with Crippen LogP contribution in [0.3, 0.4) is 0 Å². The van der Waals surface area contributed by atoms with Crippen LogP contribution in [0.25, 0.3) is 0 Å². The molecule has 7 amide bonds. The number of nitrogens with one attached hydrogen (secondary N) is 5. The molecule has 0 radical (unpaired) electrons. The standard InChI is InChI=1S/C53H83N7O16/c1-5-6-7-8-9-10-11-12-13-14-15-16-17-18-19-20-40(67)54-36-27-39(66)49(72)58-51(74)44-45(68)30(2)28-60(44)53(76)42(32(4)62)56-50(73)43(46(69)38(65)25-33-21-23-34(63)24-22-33)57-48(71)37-26-35(64)29-59(37)52(75)41(31(3)61)55-47(36)70/h9-10,12-13,21-24,30-32,35-39,41-46,49,61-66,68-69,72H,5-8,11,14-20,25-29H2,1-4H3,(H,54,67)(H,55,70)(H,56,73)(H,57,71)(H,58,74)/b10-9-,13-12-/t30-,31+,32+,35+,36-,37-,38-,39+,41-,42-,43-,44-,45-,46+,49+/m0/s1. The van der Waals surface area contributed by atoms with Crippen molar-refractivity contribution in [3.63, 3.8) is 0 Å². The van der Waals surface area contributed by atoms with Crippen molar-refractivity contribution in [1.82, 2.24) is 36.4 Å². The fourth-order valence-electron chi connectivity index (χ4n) is 9.55. The molecule has 3 aliphatic heterocycles. The highest BCUT2D eigenvalue weighted by Crippen LogP contribution is 2.27. The van der Waals surface area contributed by atoms with Crippen molar-refractivity contribution in [2.24, 2.45) is 5.92 Å². The second kappa shape index (κ2) is 31.0. The third kappa shape index (κ3) is 18.6. The first-order valence-electron chi connectivity index (χ1n) is 26.7. The summed E-state index contributed by atoms with van der Waals surface area (Å²) in [5.74, 6) is -8.79. The van der Waals surface area contributed by atoms with E-state index in [0.29, 0.717) is 18.4 Å². The Labute approximate surface area is 444 Å². The summed E-state index contributed by atoms with van der Waals surface area (Å²) in [6, 6.07) is -5.84. The monoisotopic (exact) mass is 1070 g/mol. The fraction of sp³-hybridized carbons (Fsp3) is 0.679. The summed E-state index contributed by atoms with van der Waals surface area (Å²) < 4.78 is 0. The van der Waals surface area contributed by atoms with E-state index >= 15 is 0 Å². The number of nitrogens with zero attached hydrogens (tertiary/aromatic N) is 2. The number of carbonyl (C=O) groups excluding carboxylic acids is 7. The van der Waals surface area contributed by atoms with E-state index in [-0.39, 0.29) is 25.1 Å². The molecule has 0 aromatic heterocycles. The van der Waals surface area contributed by atoms with E-state index in [4.69, 9.17) is 0 Å². The molecular formula is C53H83N7O16. The second-order valence-corrected chi connectivity index (χ2v) is 20.5. The lowest BCUT2D eigenvalue weighted by Gasteiger charge is -2.34. The summed E-state index contributed by atoms with van der Waals surface area (Å²) in [6.07, 6.45) is 2.40. The van der Waals surface area contributed by atoms with Gasteiger partial charge in [0, 0.05) is 44.7 Å². The number of phenols is 1. The van der Waals surface area contributed by atoms with Crippen LogP contribution in [0.4, 0.5) is 0 Å². The Morgan fingerprint density at radius 3 is 1.87 bits per heavy atom. The lowest BCUT2D eigenvalue weighted by atomic mass is 9.97. The number of rotatable bonds is 21. The third-order valence-electron chi connectivity index (χ3n) is 14.1. The molecule has 3 aliphatic rings. The third-order valence-corrected chi connectivity index (χ3v) is 14.1. The molecule has 1 aromatic rings. The number of hydrogen-bond donors (Lipinski definition) is 14. The average Bonchev–Trinajstić information content (AvgIpc) is 3.92. The molecule has 14 N–H and O–H groups in total. The zero-order chi connectivity index (χ0) is 56.2. The van der Waals surface area contributed by atoms with Crippen molar-refractivity contribution in [2.75, 3.05) is 13.1 Å². The van der Waals surface area contributed by atoms with Crippen LogP contribution in [0.1, 0.15) is 123 Å². The number of aliphatic hydroxyl groups is 8. The lowest BCUT2D eigenvalue weighted by molar-refractivity contribution is -0.148. The van der Waals surface area contributed by atoms with Gasteiger partial charge in [-0.2, -0.15) is 0 Å². The van der Waals surface area contributed by atoms with Gasteiger partial charge in [-0.1, -0.05) is 82.4 Å². The van der Waals surface area contributed by atoms with Crippen molar-refractivity contribution in [2.45, 2.75) is 209 Å². The van der Waals surface area contributed by atoms with Crippen LogP contribution in [0, 0.1) is 5.92 Å². The lowest BCUT2D eigenvalue weighted by Crippen LogP contribution is -2.65. The van der Waals surface area contributed by atoms with E-state index in [1.165, 1.54) is 50.5 Å². The van der Waals surface area contributed by atoms with Gasteiger partial charge in [-0.3, -0.25) is 33.6 Å². The number of aromatic hydroxyl groups is 1. The minimum absolute atomic E-state index is 0.0686. The fourth-order valence-corrected chi connectivity index (χ4v) is 9.55. The van der Waals surface area contributed by atoms with Crippen LogP contribution in [0.2, 0.25) is 0 Å². The van der Waals surface area contributed by atoms with Gasteiger partial charge in [0.05, 0.1) is 30.5 Å². The first-order valence-corrected chi connectivity index (χ1v) is 26.7. The van der Waals surface area contributed by atoms with Gasteiger partial charge in [0.1, 0.15) is 54.2 Å². The van der Waals surface area contributed by atoms with E-state index in [0.717, 1.165) is 62.2 Å². The second-order valence-electron chi connectivity index (χ2n) is 20.5. The number of allylic oxidation sites excluding steroid dienone is 4. The SMILES string of the molecule is CCCCC/C=C\C/C=C\CCCCCCCC(=O)N[C@H]1C[C@@H](O)[C@@H](O)NC(=O)[C@@H]2[C@@H](O)[C@@H](C)CN2C(=O)[C@H]([C@@H](C)O)NC(=O)[C@H]([C@H](O)[C@@H](O)Cc2ccc(O)cc2)NC(=O)[C@@H]2C[C@@H](O)CN2C(=O)[C@H]([C@@H](C)O)NC1=O. The van der Waals surface area contributed by atoms with E-state index in [1.54, 1.807) is 0 Å². The van der Waals surface area contributed by atoms with Gasteiger partial charge in [-0.25, -0.2) is 0 Å². The molecule has 0 aliphatic carbocycles. The van der Waals surface area contributed by atoms with Gasteiger partial charge in [-0.05, 0) is 70.1 Å². The number of carbonyl (C=O) groups is 7. The maximum Gasteiger partial charge on any atom is 0.248 e. The molecule has 0 spiro atoms. The minimum Gasteiger partial charge on any atom is -0.508 e. The normalized spacial score (nSPS) is 29.2. The van der Waals surface area contributed by atoms with E-state index in [1.807, 2.05) is 0 Å². The molecule has 0 bridgehead atoms. The number of amides is 7. The zero-order valence-corrected chi connectivity index (χ0v) is 44.1. The highest BCUT2D eigenvalue weighted by atomic mass is 16.3. The van der Waals surface area contributed by atoms with Gasteiger partial charge in [0.25, 0.3) is 0 Å². The van der Waals surface area contributed by atoms with Gasteiger partial charge >= 0.3 is 0 Å². The summed E-state index contributed by atoms with van der Waals surface area (Å²) in [6.45, 7) is 5.00. The average molecular weight is 1070 g/mol. The molecule has 426 valence electrons. The highest BCUT2D eigenvalue weighted by molar-refractivity contribution is 5.98. The molecule has 3 fully saturated rings. The smallest absolute Gasteiger partial charge is 0.248 e. The molecule has 0 unspecified atom stereocenters. The number of fused-ring (bicyclic) bond motifs is 2. The van der Waals surface area contributed by atoms with E-state index in [2.05, 4.69) is 57.8 Å². The first-order chi connectivity index (χ1) is 36.0. The molecular weight excluding hydrogens is 991 g/mol. The zero-order valence-electron chi connectivity index (χ0n) is 44.1. The maximum absolute atomic E-state index is 14.3. The van der Waals surface area contributed by atoms with E-state index in [9.17, 15) is 79.5 Å². The predicted molar refractivity (Wildman–Crippen MR) is 276 cm³/mol. The quantitative estimate of drug-likeness (QED) is 0.0494. The highest BCUT2D eigenvalue weighted by Gasteiger charge is 2.50. The van der Waals surface area contributed by atoms with Crippen LogP contribution in [0.5, 0.6) is 5.75 Å². The van der Waals surface area contributed by atoms with Crippen LogP contribution >= 0.6 is 0 Å². The van der Waals surface area contributed by atoms with Gasteiger partial charge < -0.3 is 82.3 Å². The number of phenolic OH excluding ortho intramolecular Hbond substituents is 1. The Morgan fingerprint density at radius 1 is 0.684 bits per heavy atom. The summed E-state index contributed by atoms with van der Waals surface area (Å²) >= 11 is 0. The Kier molecular flexibility index (Phi) is 25.7. The van der Waals surface area contributed by atoms with E-state index < -0.39 is 152 Å². The summed E-state index contributed by atoms with van der Waals surface area (Å²) in [5, 5.41) is 111. The van der Waals surface area contributed by atoms with Crippen molar-refractivity contribution >= 4 is 41.4 Å². The topological polar surface area (TPSA) is 368 Å². The molecule has 0 saturated carbocycles. The Balaban J connectivity index is 1.62. The van der Waals surface area contributed by atoms with Gasteiger partial charge in [0.2, 0.25) is 41.4 Å². The molecule has 4 rings (SSSR count). The Hall–Kier alpha value is -5.53. The minimum atomic E-state index is -2.23. The number of hydrogen-bond acceptors (Lipinski definition) is 16. The molecule has 76 heavy (non-hydrogen) atoms. The largest absolute Gasteiger partial charge is 0.508 e. The molecule has 3 heterocycles. The molecule has 15 atom stereocenters. The van der Waals surface area contributed by atoms with Gasteiger partial charge in [-0.15, -0.1) is 0 Å². The number of aliphatic hydroxyl groups excluding tert-OH is 8. The first kappa shape index (κ1) is 63.0. The van der Waals surface area contributed by atoms with Crippen LogP contribution in [0.15, 0.2) is 48.6 Å². The summed E-state index contributed by atoms with van der Waals surface area (Å²) in [4.78, 5) is 100. The van der Waals surface area contributed by atoms with Crippen molar-refractivity contribution in [3.8, 4) is 5.75 Å². The Bertz CT molecular complexity index is 2130. The Morgan fingerprint density at radius 2 is 1.25 bits per heavy atom. The molecule has 3 saturated heterocycles. The maximum atomic E-state index is 14.3. The summed E-state index contributed by atoms with van der Waals surface area (Å²) in [7, 11) is 0. The molecule has 23 nitrogen and oxygen atoms in total. The van der Waals surface area contributed by atoms with Crippen molar-refractivity contribution < 1.29 is 79.5 Å². The van der Waals surface area contributed by atoms with Crippen molar-refractivity contribution in [3.05, 3.63) is 54.1 Å². The van der Waals surface area contributed by atoms with Crippen LogP contribution in [-0.4, -0.2) is 195 Å². The van der Waals surface area contributed by atoms with Gasteiger partial charge in [0.15, 0.2) is 6.23 Å². The van der Waals surface area contributed by atoms with Crippen LogP contribution < -0.4 is 26.6 Å². The molecule has 1 aromatic carbocycles. The summed E-state index contributed by atoms with van der Waals surface area (Å²) in [5.41, 5.74) is 0.361. The van der Waals surface area contributed by atoms with Crippen molar-refractivity contribution in [1.29, 1.82) is 0 Å². The predicted octanol–water partition coefficient (Wildman–Crippen LogP) is -1.46. The number of benzene rings is 1. The number of unbranched alkanes of at least 4 members (excludes halogenated alkanes) is 8. The molecule has 23 heteroatoms.